The smallest absolute Gasteiger partial charge is 0.342 e. The fourth-order valence-corrected chi connectivity index (χ4v) is 2.06. The van der Waals surface area contributed by atoms with Gasteiger partial charge in [0.25, 0.3) is 0 Å². The minimum atomic E-state index is -4.94. The van der Waals surface area contributed by atoms with Crippen molar-refractivity contribution in [3.63, 3.8) is 0 Å². The van der Waals surface area contributed by atoms with Crippen LogP contribution in [0.25, 0.3) is 11.0 Å². The monoisotopic (exact) mass is 325 g/mol. The Bertz CT molecular complexity index is 691. The number of rotatable bonds is 2. The average molecular weight is 325 g/mol. The number of nitrogens with zero attached hydrogens (tertiary/aromatic N) is 1. The van der Waals surface area contributed by atoms with Crippen LogP contribution in [0.2, 0.25) is 0 Å². The molecule has 0 spiro atoms. The van der Waals surface area contributed by atoms with Gasteiger partial charge >= 0.3 is 12.4 Å². The Labute approximate surface area is 121 Å². The predicted octanol–water partition coefficient (Wildman–Crippen LogP) is 3.88. The summed E-state index contributed by atoms with van der Waals surface area (Å²) < 4.78 is 77.2. The van der Waals surface area contributed by atoms with Gasteiger partial charge in [-0.05, 0) is 26.0 Å². The van der Waals surface area contributed by atoms with Gasteiger partial charge in [-0.25, -0.2) is 4.98 Å². The molecule has 122 valence electrons. The summed E-state index contributed by atoms with van der Waals surface area (Å²) in [5, 5.41) is 0. The molecule has 0 atom stereocenters. The van der Waals surface area contributed by atoms with Crippen molar-refractivity contribution < 1.29 is 26.3 Å². The summed E-state index contributed by atoms with van der Waals surface area (Å²) in [6.45, 7) is 3.26. The molecule has 0 saturated heterocycles. The Morgan fingerprint density at radius 2 is 1.64 bits per heavy atom. The van der Waals surface area contributed by atoms with Crippen molar-refractivity contribution in [3.05, 3.63) is 29.1 Å². The molecule has 0 fully saturated rings. The van der Waals surface area contributed by atoms with Gasteiger partial charge in [-0.1, -0.05) is 0 Å². The minimum Gasteiger partial charge on any atom is -0.342 e. The second-order valence-electron chi connectivity index (χ2n) is 5.76. The average Bonchev–Trinajstić information content (AvgIpc) is 2.63. The third-order valence-corrected chi connectivity index (χ3v) is 2.89. The van der Waals surface area contributed by atoms with Gasteiger partial charge in [-0.2, -0.15) is 26.3 Å². The topological polar surface area (TPSA) is 54.7 Å². The van der Waals surface area contributed by atoms with E-state index in [1.165, 1.54) is 0 Å². The van der Waals surface area contributed by atoms with Crippen LogP contribution >= 0.6 is 0 Å². The molecule has 2 aromatic rings. The largest absolute Gasteiger partial charge is 0.418 e. The van der Waals surface area contributed by atoms with Crippen molar-refractivity contribution in [1.29, 1.82) is 0 Å². The van der Waals surface area contributed by atoms with E-state index in [0.29, 0.717) is 6.07 Å². The highest BCUT2D eigenvalue weighted by atomic mass is 19.4. The number of fused-ring (bicyclic) bond motifs is 1. The fraction of sp³-hybridized carbons (Fsp3) is 0.462. The Hall–Kier alpha value is -1.77. The molecule has 1 heterocycles. The summed E-state index contributed by atoms with van der Waals surface area (Å²) in [6.07, 6.45) is -9.73. The first-order valence-corrected chi connectivity index (χ1v) is 6.23. The van der Waals surface area contributed by atoms with E-state index in [1.54, 1.807) is 13.8 Å². The highest BCUT2D eigenvalue weighted by Gasteiger charge is 2.39. The molecule has 0 saturated carbocycles. The van der Waals surface area contributed by atoms with E-state index in [4.69, 9.17) is 5.73 Å². The Balaban J connectivity index is 2.68. The zero-order chi connectivity index (χ0) is 16.9. The highest BCUT2D eigenvalue weighted by molar-refractivity contribution is 5.80. The van der Waals surface area contributed by atoms with Crippen LogP contribution in [0.3, 0.4) is 0 Å². The summed E-state index contributed by atoms with van der Waals surface area (Å²) in [5.74, 6) is 0.104. The molecule has 0 aliphatic carbocycles. The van der Waals surface area contributed by atoms with Gasteiger partial charge in [0.05, 0.1) is 16.6 Å². The molecule has 1 aromatic heterocycles. The lowest BCUT2D eigenvalue weighted by Crippen LogP contribution is -2.34. The molecule has 2 rings (SSSR count). The molecule has 0 amide bonds. The normalized spacial score (nSPS) is 13.9. The maximum absolute atomic E-state index is 13.0. The maximum Gasteiger partial charge on any atom is 0.418 e. The predicted molar refractivity (Wildman–Crippen MR) is 68.1 cm³/mol. The molecule has 0 unspecified atom stereocenters. The first kappa shape index (κ1) is 16.6. The summed E-state index contributed by atoms with van der Waals surface area (Å²) in [7, 11) is 0. The lowest BCUT2D eigenvalue weighted by atomic mass is 10.0. The van der Waals surface area contributed by atoms with Crippen molar-refractivity contribution >= 4 is 11.0 Å². The number of H-pyrrole nitrogens is 1. The highest BCUT2D eigenvalue weighted by Crippen LogP contribution is 2.39. The van der Waals surface area contributed by atoms with Crippen LogP contribution in [0.4, 0.5) is 26.3 Å². The molecule has 1 aromatic carbocycles. The number of aromatic amines is 1. The number of imidazole rings is 1. The van der Waals surface area contributed by atoms with Gasteiger partial charge in [-0.3, -0.25) is 0 Å². The van der Waals surface area contributed by atoms with E-state index in [9.17, 15) is 26.3 Å². The van der Waals surface area contributed by atoms with E-state index >= 15 is 0 Å². The third kappa shape index (κ3) is 3.52. The molecule has 3 nitrogen and oxygen atoms in total. The van der Waals surface area contributed by atoms with E-state index in [0.717, 1.165) is 0 Å². The SMILES string of the molecule is CC(C)(N)Cc1nc2c(C(F)(F)F)cc(C(F)(F)F)cc2[nH]1. The fourth-order valence-electron chi connectivity index (χ4n) is 2.06. The molecular formula is C13H13F6N3. The van der Waals surface area contributed by atoms with Crippen LogP contribution in [-0.4, -0.2) is 15.5 Å². The number of benzene rings is 1. The van der Waals surface area contributed by atoms with Gasteiger partial charge in [0, 0.05) is 12.0 Å². The molecular weight excluding hydrogens is 312 g/mol. The lowest BCUT2D eigenvalue weighted by molar-refractivity contribution is -0.142. The lowest BCUT2D eigenvalue weighted by Gasteiger charge is -2.15. The van der Waals surface area contributed by atoms with Crippen molar-refractivity contribution in [2.24, 2.45) is 5.73 Å². The number of aromatic nitrogens is 2. The Kier molecular flexibility index (Phi) is 3.67. The van der Waals surface area contributed by atoms with Crippen LogP contribution < -0.4 is 5.73 Å². The van der Waals surface area contributed by atoms with Crippen LogP contribution in [-0.2, 0) is 18.8 Å². The number of nitrogens with two attached hydrogens (primary N) is 1. The number of hydrogen-bond acceptors (Lipinski definition) is 2. The molecule has 0 aliphatic heterocycles. The molecule has 9 heteroatoms. The maximum atomic E-state index is 13.0. The number of halogens is 6. The first-order chi connectivity index (χ1) is 9.77. The Morgan fingerprint density at radius 1 is 1.05 bits per heavy atom. The molecule has 0 bridgehead atoms. The van der Waals surface area contributed by atoms with E-state index < -0.39 is 34.5 Å². The van der Waals surface area contributed by atoms with Crippen molar-refractivity contribution in [1.82, 2.24) is 9.97 Å². The number of nitrogens with one attached hydrogen (secondary N) is 1. The van der Waals surface area contributed by atoms with Crippen molar-refractivity contribution in [2.75, 3.05) is 0 Å². The van der Waals surface area contributed by atoms with Crippen LogP contribution in [0.15, 0.2) is 12.1 Å². The van der Waals surface area contributed by atoms with E-state index in [1.807, 2.05) is 0 Å². The molecule has 22 heavy (non-hydrogen) atoms. The van der Waals surface area contributed by atoms with Gasteiger partial charge < -0.3 is 10.7 Å². The van der Waals surface area contributed by atoms with Crippen molar-refractivity contribution in [3.8, 4) is 0 Å². The zero-order valence-corrected chi connectivity index (χ0v) is 11.7. The summed E-state index contributed by atoms with van der Waals surface area (Å²) in [4.78, 5) is 6.25. The molecule has 0 aliphatic rings. The quantitative estimate of drug-likeness (QED) is 0.823. The first-order valence-electron chi connectivity index (χ1n) is 6.23. The Morgan fingerprint density at radius 3 is 2.09 bits per heavy atom. The van der Waals surface area contributed by atoms with Crippen LogP contribution in [0.1, 0.15) is 30.8 Å². The zero-order valence-electron chi connectivity index (χ0n) is 11.7. The summed E-state index contributed by atoms with van der Waals surface area (Å²) >= 11 is 0. The van der Waals surface area contributed by atoms with Gasteiger partial charge in [0.1, 0.15) is 11.3 Å². The van der Waals surface area contributed by atoms with E-state index in [2.05, 4.69) is 9.97 Å². The van der Waals surface area contributed by atoms with Crippen LogP contribution in [0, 0.1) is 0 Å². The van der Waals surface area contributed by atoms with Crippen LogP contribution in [0.5, 0.6) is 0 Å². The third-order valence-electron chi connectivity index (χ3n) is 2.89. The number of alkyl halides is 6. The second-order valence-corrected chi connectivity index (χ2v) is 5.76. The summed E-state index contributed by atoms with van der Waals surface area (Å²) in [6, 6.07) is 0.686. The minimum absolute atomic E-state index is 0.0700. The standard InChI is InChI=1S/C13H13F6N3/c1-11(2,20)5-9-21-8-4-6(12(14,15)16)3-7(10(8)22-9)13(17,18)19/h3-4H,5,20H2,1-2H3,(H,21,22). The molecule has 3 N–H and O–H groups in total. The molecule has 0 radical (unpaired) electrons. The van der Waals surface area contributed by atoms with Gasteiger partial charge in [-0.15, -0.1) is 0 Å². The summed E-state index contributed by atoms with van der Waals surface area (Å²) in [5.41, 5.74) is 1.32. The van der Waals surface area contributed by atoms with E-state index in [-0.39, 0.29) is 23.8 Å². The second kappa shape index (κ2) is 4.87. The van der Waals surface area contributed by atoms with Crippen molar-refractivity contribution in [2.45, 2.75) is 38.2 Å². The van der Waals surface area contributed by atoms with Gasteiger partial charge in [0.15, 0.2) is 0 Å². The number of hydrogen-bond donors (Lipinski definition) is 2. The van der Waals surface area contributed by atoms with Gasteiger partial charge in [0.2, 0.25) is 0 Å².